The van der Waals surface area contributed by atoms with Crippen LogP contribution < -0.4 is 5.32 Å². The Morgan fingerprint density at radius 1 is 1.33 bits per heavy atom. The standard InChI is InChI=1S/C11H20F3N/c1-2-7-15-10(8-11(12,13)14)6-5-9-3-4-9/h9-10,15H,2-8H2,1H3. The topological polar surface area (TPSA) is 12.0 Å². The Morgan fingerprint density at radius 2 is 2.00 bits per heavy atom. The van der Waals surface area contributed by atoms with E-state index in [1.165, 1.54) is 12.8 Å². The van der Waals surface area contributed by atoms with Crippen LogP contribution in [0.2, 0.25) is 0 Å². The van der Waals surface area contributed by atoms with Crippen molar-refractivity contribution in [1.82, 2.24) is 5.32 Å². The van der Waals surface area contributed by atoms with Crippen molar-refractivity contribution in [3.05, 3.63) is 0 Å². The Labute approximate surface area is 89.4 Å². The maximum Gasteiger partial charge on any atom is 0.390 e. The molecule has 0 aromatic heterocycles. The van der Waals surface area contributed by atoms with E-state index in [-0.39, 0.29) is 6.04 Å². The number of halogens is 3. The van der Waals surface area contributed by atoms with Gasteiger partial charge in [0, 0.05) is 6.04 Å². The van der Waals surface area contributed by atoms with Crippen molar-refractivity contribution in [2.45, 2.75) is 57.7 Å². The lowest BCUT2D eigenvalue weighted by molar-refractivity contribution is -0.140. The number of nitrogens with one attached hydrogen (secondary N) is 1. The van der Waals surface area contributed by atoms with Crippen LogP contribution in [0.5, 0.6) is 0 Å². The van der Waals surface area contributed by atoms with Crippen molar-refractivity contribution in [3.63, 3.8) is 0 Å². The molecular weight excluding hydrogens is 203 g/mol. The third-order valence-corrected chi connectivity index (χ3v) is 2.78. The maximum atomic E-state index is 12.2. The fraction of sp³-hybridized carbons (Fsp3) is 1.00. The Kier molecular flexibility index (Phi) is 4.90. The summed E-state index contributed by atoms with van der Waals surface area (Å²) in [6.45, 7) is 2.66. The zero-order valence-corrected chi connectivity index (χ0v) is 9.24. The van der Waals surface area contributed by atoms with Gasteiger partial charge in [0.05, 0.1) is 6.42 Å². The van der Waals surface area contributed by atoms with Crippen molar-refractivity contribution >= 4 is 0 Å². The maximum absolute atomic E-state index is 12.2. The zero-order valence-electron chi connectivity index (χ0n) is 9.24. The number of hydrogen-bond acceptors (Lipinski definition) is 1. The molecule has 90 valence electrons. The highest BCUT2D eigenvalue weighted by Crippen LogP contribution is 2.35. The highest BCUT2D eigenvalue weighted by atomic mass is 19.4. The second kappa shape index (κ2) is 5.73. The van der Waals surface area contributed by atoms with E-state index >= 15 is 0 Å². The minimum atomic E-state index is -4.03. The molecule has 1 aliphatic rings. The molecule has 1 unspecified atom stereocenters. The van der Waals surface area contributed by atoms with E-state index < -0.39 is 12.6 Å². The van der Waals surface area contributed by atoms with Gasteiger partial charge in [0.15, 0.2) is 0 Å². The smallest absolute Gasteiger partial charge is 0.314 e. The van der Waals surface area contributed by atoms with Crippen LogP contribution in [-0.4, -0.2) is 18.8 Å². The van der Waals surface area contributed by atoms with Crippen LogP contribution in [0.25, 0.3) is 0 Å². The molecule has 0 saturated heterocycles. The summed E-state index contributed by atoms with van der Waals surface area (Å²) >= 11 is 0. The normalized spacial score (nSPS) is 19.2. The molecule has 1 fully saturated rings. The van der Waals surface area contributed by atoms with E-state index in [1.54, 1.807) is 0 Å². The second-order valence-corrected chi connectivity index (χ2v) is 4.49. The second-order valence-electron chi connectivity index (χ2n) is 4.49. The predicted molar refractivity (Wildman–Crippen MR) is 54.7 cm³/mol. The molecule has 0 aromatic carbocycles. The van der Waals surface area contributed by atoms with Gasteiger partial charge < -0.3 is 5.32 Å². The monoisotopic (exact) mass is 223 g/mol. The SMILES string of the molecule is CCCNC(CCC1CC1)CC(F)(F)F. The predicted octanol–water partition coefficient (Wildman–Crippen LogP) is 3.50. The lowest BCUT2D eigenvalue weighted by Gasteiger charge is -2.19. The summed E-state index contributed by atoms with van der Waals surface area (Å²) in [5, 5.41) is 2.99. The summed E-state index contributed by atoms with van der Waals surface area (Å²) < 4.78 is 36.7. The Balaban J connectivity index is 2.22. The van der Waals surface area contributed by atoms with Crippen LogP contribution in [0.4, 0.5) is 13.2 Å². The van der Waals surface area contributed by atoms with E-state index in [9.17, 15) is 13.2 Å². The van der Waals surface area contributed by atoms with E-state index in [4.69, 9.17) is 0 Å². The molecule has 1 aliphatic carbocycles. The quantitative estimate of drug-likeness (QED) is 0.696. The third kappa shape index (κ3) is 6.77. The highest BCUT2D eigenvalue weighted by Gasteiger charge is 2.32. The molecular formula is C11H20F3N. The molecule has 1 N–H and O–H groups in total. The first kappa shape index (κ1) is 12.8. The van der Waals surface area contributed by atoms with Crippen molar-refractivity contribution in [1.29, 1.82) is 0 Å². The van der Waals surface area contributed by atoms with Crippen molar-refractivity contribution in [2.24, 2.45) is 5.92 Å². The van der Waals surface area contributed by atoms with Gasteiger partial charge >= 0.3 is 6.18 Å². The summed E-state index contributed by atoms with van der Waals surface area (Å²) in [6.07, 6.45) is 0.229. The fourth-order valence-electron chi connectivity index (χ4n) is 1.75. The Morgan fingerprint density at radius 3 is 2.47 bits per heavy atom. The summed E-state index contributed by atoms with van der Waals surface area (Å²) in [6, 6.07) is -0.370. The molecule has 0 heterocycles. The minimum Gasteiger partial charge on any atom is -0.314 e. The molecule has 1 atom stereocenters. The highest BCUT2D eigenvalue weighted by molar-refractivity contribution is 4.78. The number of alkyl halides is 3. The number of hydrogen-bond donors (Lipinski definition) is 1. The van der Waals surface area contributed by atoms with Crippen LogP contribution in [0.1, 0.15) is 45.4 Å². The van der Waals surface area contributed by atoms with Crippen molar-refractivity contribution in [2.75, 3.05) is 6.54 Å². The van der Waals surface area contributed by atoms with Gasteiger partial charge in [-0.25, -0.2) is 0 Å². The first-order valence-electron chi connectivity index (χ1n) is 5.81. The summed E-state index contributed by atoms with van der Waals surface area (Å²) in [7, 11) is 0. The average molecular weight is 223 g/mol. The van der Waals surface area contributed by atoms with Crippen LogP contribution in [0.3, 0.4) is 0 Å². The van der Waals surface area contributed by atoms with Gasteiger partial charge in [0.2, 0.25) is 0 Å². The summed E-state index contributed by atoms with van der Waals surface area (Å²) in [4.78, 5) is 0. The van der Waals surface area contributed by atoms with Crippen LogP contribution in [0, 0.1) is 5.92 Å². The van der Waals surface area contributed by atoms with E-state index in [0.717, 1.165) is 12.8 Å². The summed E-state index contributed by atoms with van der Waals surface area (Å²) in [5.41, 5.74) is 0. The fourth-order valence-corrected chi connectivity index (χ4v) is 1.75. The van der Waals surface area contributed by atoms with E-state index in [2.05, 4.69) is 5.32 Å². The molecule has 0 spiro atoms. The van der Waals surface area contributed by atoms with Gasteiger partial charge in [-0.1, -0.05) is 19.8 Å². The molecule has 0 aliphatic heterocycles. The van der Waals surface area contributed by atoms with Gasteiger partial charge in [0.1, 0.15) is 0 Å². The molecule has 1 rings (SSSR count). The molecule has 0 bridgehead atoms. The minimum absolute atomic E-state index is 0.370. The zero-order chi connectivity index (χ0) is 11.3. The summed E-state index contributed by atoms with van der Waals surface area (Å²) in [5.74, 6) is 0.712. The van der Waals surface area contributed by atoms with Gasteiger partial charge in [-0.05, 0) is 31.7 Å². The molecule has 0 radical (unpaired) electrons. The van der Waals surface area contributed by atoms with Crippen LogP contribution >= 0.6 is 0 Å². The Hall–Kier alpha value is -0.250. The van der Waals surface area contributed by atoms with Crippen LogP contribution in [0.15, 0.2) is 0 Å². The third-order valence-electron chi connectivity index (χ3n) is 2.78. The lowest BCUT2D eigenvalue weighted by Crippen LogP contribution is -2.34. The van der Waals surface area contributed by atoms with Gasteiger partial charge in [-0.3, -0.25) is 0 Å². The first-order valence-corrected chi connectivity index (χ1v) is 5.81. The largest absolute Gasteiger partial charge is 0.390 e. The molecule has 15 heavy (non-hydrogen) atoms. The molecule has 1 nitrogen and oxygen atoms in total. The molecule has 0 aromatic rings. The van der Waals surface area contributed by atoms with E-state index in [1.807, 2.05) is 6.92 Å². The van der Waals surface area contributed by atoms with Crippen molar-refractivity contribution < 1.29 is 13.2 Å². The molecule has 0 amide bonds. The average Bonchev–Trinajstić information content (AvgIpc) is 2.91. The van der Waals surface area contributed by atoms with E-state index in [0.29, 0.717) is 18.9 Å². The van der Waals surface area contributed by atoms with Crippen molar-refractivity contribution in [3.8, 4) is 0 Å². The number of rotatable bonds is 7. The molecule has 1 saturated carbocycles. The van der Waals surface area contributed by atoms with Crippen LogP contribution in [-0.2, 0) is 0 Å². The Bertz CT molecular complexity index is 175. The van der Waals surface area contributed by atoms with Gasteiger partial charge in [-0.15, -0.1) is 0 Å². The molecule has 4 heteroatoms. The lowest BCUT2D eigenvalue weighted by atomic mass is 10.1. The first-order chi connectivity index (χ1) is 7.01. The van der Waals surface area contributed by atoms with Gasteiger partial charge in [-0.2, -0.15) is 13.2 Å². The van der Waals surface area contributed by atoms with Gasteiger partial charge in [0.25, 0.3) is 0 Å².